The number of anilines is 1. The number of primary amides is 1. The van der Waals surface area contributed by atoms with Gasteiger partial charge in [0.1, 0.15) is 5.00 Å². The standard InChI is InChI=1S/C17H18N6O2S2/c1-3-23-14(11-4-7-19-8-5-11)21-22-17(23)27-10(2)15(25)20-16-12(13(18)24)6-9-26-16/h4-10H,3H2,1-2H3,(H2,18,24)(H,20,25). The molecule has 0 aliphatic heterocycles. The molecule has 140 valence electrons. The van der Waals surface area contributed by atoms with Gasteiger partial charge in [0.15, 0.2) is 11.0 Å². The summed E-state index contributed by atoms with van der Waals surface area (Å²) in [5.41, 5.74) is 6.53. The zero-order valence-electron chi connectivity index (χ0n) is 14.7. The molecular weight excluding hydrogens is 384 g/mol. The lowest BCUT2D eigenvalue weighted by molar-refractivity contribution is -0.115. The molecule has 27 heavy (non-hydrogen) atoms. The van der Waals surface area contributed by atoms with Crippen molar-refractivity contribution in [1.82, 2.24) is 19.7 Å². The van der Waals surface area contributed by atoms with Gasteiger partial charge < -0.3 is 15.6 Å². The maximum Gasteiger partial charge on any atom is 0.251 e. The second-order valence-corrected chi connectivity index (χ2v) is 7.79. The number of carbonyl (C=O) groups is 2. The Labute approximate surface area is 164 Å². The van der Waals surface area contributed by atoms with Gasteiger partial charge in [0.25, 0.3) is 5.91 Å². The van der Waals surface area contributed by atoms with Crippen molar-refractivity contribution in [3.63, 3.8) is 0 Å². The summed E-state index contributed by atoms with van der Waals surface area (Å²) in [5, 5.41) is 13.6. The molecule has 0 aliphatic rings. The van der Waals surface area contributed by atoms with E-state index >= 15 is 0 Å². The molecule has 0 radical (unpaired) electrons. The largest absolute Gasteiger partial charge is 0.366 e. The number of thiophene rings is 1. The minimum atomic E-state index is -0.570. The maximum absolute atomic E-state index is 12.5. The summed E-state index contributed by atoms with van der Waals surface area (Å²) < 4.78 is 1.95. The Balaban J connectivity index is 1.75. The molecule has 3 N–H and O–H groups in total. The van der Waals surface area contributed by atoms with E-state index < -0.39 is 11.2 Å². The lowest BCUT2D eigenvalue weighted by Gasteiger charge is -2.12. The van der Waals surface area contributed by atoms with Crippen molar-refractivity contribution in [3.05, 3.63) is 41.5 Å². The molecule has 0 fully saturated rings. The minimum absolute atomic E-state index is 0.235. The number of aromatic nitrogens is 4. The van der Waals surface area contributed by atoms with E-state index in [0.29, 0.717) is 22.3 Å². The molecule has 3 heterocycles. The minimum Gasteiger partial charge on any atom is -0.366 e. The van der Waals surface area contributed by atoms with Gasteiger partial charge in [-0.1, -0.05) is 11.8 Å². The van der Waals surface area contributed by atoms with Crippen LogP contribution in [0.4, 0.5) is 5.00 Å². The summed E-state index contributed by atoms with van der Waals surface area (Å²) in [6.07, 6.45) is 3.40. The number of rotatable bonds is 7. The molecule has 0 bridgehead atoms. The molecule has 2 amide bonds. The van der Waals surface area contributed by atoms with Crippen molar-refractivity contribution in [2.45, 2.75) is 30.8 Å². The first-order valence-corrected chi connectivity index (χ1v) is 9.95. The second-order valence-electron chi connectivity index (χ2n) is 5.56. The SMILES string of the molecule is CCn1c(SC(C)C(=O)Nc2sccc2C(N)=O)nnc1-c1ccncc1. The molecule has 1 unspecified atom stereocenters. The number of nitrogens with two attached hydrogens (primary N) is 1. The third kappa shape index (κ3) is 4.17. The van der Waals surface area contributed by atoms with E-state index in [-0.39, 0.29) is 5.91 Å². The van der Waals surface area contributed by atoms with Crippen LogP contribution in [0, 0.1) is 0 Å². The fourth-order valence-corrected chi connectivity index (χ4v) is 4.11. The number of hydrogen-bond donors (Lipinski definition) is 2. The quantitative estimate of drug-likeness (QED) is 0.587. The van der Waals surface area contributed by atoms with Gasteiger partial charge in [0, 0.05) is 24.5 Å². The lowest BCUT2D eigenvalue weighted by atomic mass is 10.2. The number of thioether (sulfide) groups is 1. The van der Waals surface area contributed by atoms with Crippen LogP contribution in [0.3, 0.4) is 0 Å². The van der Waals surface area contributed by atoms with Crippen LogP contribution in [0.15, 0.2) is 41.1 Å². The Kier molecular flexibility index (Phi) is 5.87. The number of pyridine rings is 1. The fourth-order valence-electron chi connectivity index (χ4n) is 2.40. The molecule has 0 saturated carbocycles. The summed E-state index contributed by atoms with van der Waals surface area (Å²) in [4.78, 5) is 27.9. The van der Waals surface area contributed by atoms with Crippen LogP contribution in [-0.2, 0) is 11.3 Å². The van der Waals surface area contributed by atoms with Gasteiger partial charge >= 0.3 is 0 Å². The summed E-state index contributed by atoms with van der Waals surface area (Å²) in [6.45, 7) is 4.43. The van der Waals surface area contributed by atoms with Gasteiger partial charge in [-0.3, -0.25) is 14.6 Å². The zero-order chi connectivity index (χ0) is 19.4. The lowest BCUT2D eigenvalue weighted by Crippen LogP contribution is -2.24. The first-order valence-electron chi connectivity index (χ1n) is 8.19. The normalized spacial score (nSPS) is 11.9. The summed E-state index contributed by atoms with van der Waals surface area (Å²) in [6, 6.07) is 5.32. The first kappa shape index (κ1) is 19.1. The van der Waals surface area contributed by atoms with Crippen LogP contribution in [0.5, 0.6) is 0 Å². The molecule has 3 rings (SSSR count). The molecule has 0 saturated heterocycles. The van der Waals surface area contributed by atoms with Gasteiger partial charge in [-0.25, -0.2) is 0 Å². The van der Waals surface area contributed by atoms with Crippen molar-refractivity contribution in [2.75, 3.05) is 5.32 Å². The number of hydrogen-bond acceptors (Lipinski definition) is 7. The summed E-state index contributed by atoms with van der Waals surface area (Å²) in [7, 11) is 0. The van der Waals surface area contributed by atoms with Crippen molar-refractivity contribution >= 4 is 39.9 Å². The Hall–Kier alpha value is -2.72. The molecule has 0 spiro atoms. The Bertz CT molecular complexity index is 954. The molecule has 1 atom stereocenters. The molecule has 8 nitrogen and oxygen atoms in total. The molecule has 0 aliphatic carbocycles. The highest BCUT2D eigenvalue weighted by atomic mass is 32.2. The van der Waals surface area contributed by atoms with E-state index in [4.69, 9.17) is 5.73 Å². The van der Waals surface area contributed by atoms with Gasteiger partial charge in [-0.15, -0.1) is 21.5 Å². The number of nitrogens with one attached hydrogen (secondary N) is 1. The predicted molar refractivity (Wildman–Crippen MR) is 106 cm³/mol. The van der Waals surface area contributed by atoms with E-state index in [0.717, 1.165) is 11.4 Å². The fraction of sp³-hybridized carbons (Fsp3) is 0.235. The monoisotopic (exact) mass is 402 g/mol. The van der Waals surface area contributed by atoms with Crippen LogP contribution in [0.25, 0.3) is 11.4 Å². The van der Waals surface area contributed by atoms with E-state index in [9.17, 15) is 9.59 Å². The number of amides is 2. The average Bonchev–Trinajstić information content (AvgIpc) is 3.29. The average molecular weight is 403 g/mol. The van der Waals surface area contributed by atoms with Crippen LogP contribution < -0.4 is 11.1 Å². The Morgan fingerprint density at radius 1 is 1.30 bits per heavy atom. The van der Waals surface area contributed by atoms with Crippen LogP contribution >= 0.6 is 23.1 Å². The Morgan fingerprint density at radius 2 is 2.04 bits per heavy atom. The van der Waals surface area contributed by atoms with Crippen LogP contribution in [-0.4, -0.2) is 36.8 Å². The molecule has 10 heteroatoms. The summed E-state index contributed by atoms with van der Waals surface area (Å²) >= 11 is 2.56. The highest BCUT2D eigenvalue weighted by molar-refractivity contribution is 8.00. The first-order chi connectivity index (χ1) is 13.0. The third-order valence-electron chi connectivity index (χ3n) is 3.79. The second kappa shape index (κ2) is 8.31. The van der Waals surface area contributed by atoms with Crippen molar-refractivity contribution in [1.29, 1.82) is 0 Å². The van der Waals surface area contributed by atoms with Crippen molar-refractivity contribution in [3.8, 4) is 11.4 Å². The smallest absolute Gasteiger partial charge is 0.251 e. The maximum atomic E-state index is 12.5. The van der Waals surface area contributed by atoms with E-state index in [1.807, 2.05) is 23.6 Å². The van der Waals surface area contributed by atoms with E-state index in [1.54, 1.807) is 30.8 Å². The van der Waals surface area contributed by atoms with Gasteiger partial charge in [-0.2, -0.15) is 0 Å². The number of nitrogens with zero attached hydrogens (tertiary/aromatic N) is 4. The van der Waals surface area contributed by atoms with Crippen molar-refractivity contribution in [2.24, 2.45) is 5.73 Å². The molecule has 3 aromatic rings. The topological polar surface area (TPSA) is 116 Å². The van der Waals surface area contributed by atoms with Gasteiger partial charge in [0.2, 0.25) is 5.91 Å². The molecule has 0 aromatic carbocycles. The van der Waals surface area contributed by atoms with E-state index in [1.165, 1.54) is 23.1 Å². The zero-order valence-corrected chi connectivity index (χ0v) is 16.4. The van der Waals surface area contributed by atoms with Crippen LogP contribution in [0.1, 0.15) is 24.2 Å². The highest BCUT2D eigenvalue weighted by Gasteiger charge is 2.22. The number of carbonyl (C=O) groups excluding carboxylic acids is 2. The summed E-state index contributed by atoms with van der Waals surface area (Å²) in [5.74, 6) is -0.0788. The Morgan fingerprint density at radius 3 is 2.70 bits per heavy atom. The molecule has 3 aromatic heterocycles. The van der Waals surface area contributed by atoms with Gasteiger partial charge in [0.05, 0.1) is 10.8 Å². The van der Waals surface area contributed by atoms with Crippen molar-refractivity contribution < 1.29 is 9.59 Å². The van der Waals surface area contributed by atoms with E-state index in [2.05, 4.69) is 20.5 Å². The van der Waals surface area contributed by atoms with Crippen LogP contribution in [0.2, 0.25) is 0 Å². The highest BCUT2D eigenvalue weighted by Crippen LogP contribution is 2.28. The van der Waals surface area contributed by atoms with Gasteiger partial charge in [-0.05, 0) is 37.4 Å². The third-order valence-corrected chi connectivity index (χ3v) is 5.70. The molecular formula is C17H18N6O2S2. The predicted octanol–water partition coefficient (Wildman–Crippen LogP) is 2.64.